The van der Waals surface area contributed by atoms with Crippen molar-refractivity contribution < 1.29 is 22.7 Å². The predicted octanol–water partition coefficient (Wildman–Crippen LogP) is 3.37. The molecular weight excluding hydrogens is 342 g/mol. The van der Waals surface area contributed by atoms with Crippen molar-refractivity contribution in [1.82, 2.24) is 0 Å². The number of carbonyl (C=O) groups excluding carboxylic acids is 1. The molecule has 0 bridgehead atoms. The van der Waals surface area contributed by atoms with Crippen LogP contribution in [-0.4, -0.2) is 28.1 Å². The van der Waals surface area contributed by atoms with Crippen LogP contribution in [0.1, 0.15) is 29.3 Å². The Bertz CT molecular complexity index is 844. The molecule has 0 heterocycles. The smallest absolute Gasteiger partial charge is 0.338 e. The van der Waals surface area contributed by atoms with Crippen LogP contribution in [-0.2, 0) is 14.8 Å². The van der Waals surface area contributed by atoms with Crippen molar-refractivity contribution in [3.05, 3.63) is 53.6 Å². The van der Waals surface area contributed by atoms with Gasteiger partial charge in [-0.2, -0.15) is 0 Å². The lowest BCUT2D eigenvalue weighted by atomic mass is 10.2. The molecule has 0 aromatic heterocycles. The summed E-state index contributed by atoms with van der Waals surface area (Å²) in [5.41, 5.74) is 1.59. The van der Waals surface area contributed by atoms with Crippen LogP contribution in [0, 0.1) is 6.92 Å². The zero-order valence-electron chi connectivity index (χ0n) is 14.4. The summed E-state index contributed by atoms with van der Waals surface area (Å²) in [5.74, 6) is -0.428. The Morgan fingerprint density at radius 1 is 1.12 bits per heavy atom. The number of aryl methyl sites for hydroxylation is 1. The van der Waals surface area contributed by atoms with E-state index in [1.54, 1.807) is 24.3 Å². The molecule has 0 saturated carbocycles. The Labute approximate surface area is 147 Å². The highest BCUT2D eigenvalue weighted by Gasteiger charge is 2.22. The molecule has 7 heteroatoms. The van der Waals surface area contributed by atoms with Crippen molar-refractivity contribution in [1.29, 1.82) is 0 Å². The molecule has 1 N–H and O–H groups in total. The summed E-state index contributed by atoms with van der Waals surface area (Å²) in [7, 11) is -2.56. The van der Waals surface area contributed by atoms with Crippen LogP contribution in [0.5, 0.6) is 5.75 Å². The average molecular weight is 363 g/mol. The lowest BCUT2D eigenvalue weighted by molar-refractivity contribution is 0.0504. The molecule has 0 aliphatic rings. The van der Waals surface area contributed by atoms with Crippen LogP contribution in [0.2, 0.25) is 0 Å². The highest BCUT2D eigenvalue weighted by Crippen LogP contribution is 2.27. The van der Waals surface area contributed by atoms with Crippen LogP contribution >= 0.6 is 0 Å². The molecule has 0 atom stereocenters. The number of ether oxygens (including phenoxy) is 2. The molecule has 6 nitrogen and oxygen atoms in total. The number of carbonyl (C=O) groups is 1. The van der Waals surface area contributed by atoms with Gasteiger partial charge in [0.1, 0.15) is 10.6 Å². The summed E-state index contributed by atoms with van der Waals surface area (Å²) in [5, 5.41) is 0. The lowest BCUT2D eigenvalue weighted by Gasteiger charge is -2.13. The van der Waals surface area contributed by atoms with E-state index in [4.69, 9.17) is 9.47 Å². The molecule has 0 spiro atoms. The largest absolute Gasteiger partial charge is 0.495 e. The van der Waals surface area contributed by atoms with E-state index >= 15 is 0 Å². The first-order valence-corrected chi connectivity index (χ1v) is 9.30. The minimum atomic E-state index is -3.93. The second-order valence-electron chi connectivity index (χ2n) is 5.47. The maximum Gasteiger partial charge on any atom is 0.338 e. The number of anilines is 1. The summed E-state index contributed by atoms with van der Waals surface area (Å²) < 4.78 is 38.1. The van der Waals surface area contributed by atoms with Crippen molar-refractivity contribution >= 4 is 21.7 Å². The van der Waals surface area contributed by atoms with Gasteiger partial charge in [0, 0.05) is 5.69 Å². The third-order valence-corrected chi connectivity index (χ3v) is 4.83. The molecule has 0 saturated heterocycles. The Morgan fingerprint density at radius 2 is 1.80 bits per heavy atom. The normalized spacial score (nSPS) is 11.0. The molecular formula is C18H21NO5S. The monoisotopic (exact) mass is 363 g/mol. The van der Waals surface area contributed by atoms with Crippen molar-refractivity contribution in [2.45, 2.75) is 25.2 Å². The number of hydrogen-bond acceptors (Lipinski definition) is 5. The molecule has 0 amide bonds. The van der Waals surface area contributed by atoms with E-state index < -0.39 is 16.0 Å². The second kappa shape index (κ2) is 8.02. The van der Waals surface area contributed by atoms with Gasteiger partial charge in [0.15, 0.2) is 0 Å². The Kier molecular flexibility index (Phi) is 6.03. The standard InChI is InChI=1S/C18H21NO5S/c1-4-11-24-18(20)14-7-10-16(23-3)17(12-14)25(21,22)19-15-8-5-13(2)6-9-15/h5-10,12,19H,4,11H2,1-3H3. The maximum atomic E-state index is 12.7. The van der Waals surface area contributed by atoms with Crippen LogP contribution in [0.25, 0.3) is 0 Å². The highest BCUT2D eigenvalue weighted by molar-refractivity contribution is 7.92. The first-order chi connectivity index (χ1) is 11.9. The van der Waals surface area contributed by atoms with Gasteiger partial charge in [0.25, 0.3) is 10.0 Å². The van der Waals surface area contributed by atoms with Crippen molar-refractivity contribution in [2.75, 3.05) is 18.4 Å². The summed E-state index contributed by atoms with van der Waals surface area (Å²) in [6, 6.07) is 11.1. The number of methoxy groups -OCH3 is 1. The summed E-state index contributed by atoms with van der Waals surface area (Å²) in [4.78, 5) is 11.9. The molecule has 134 valence electrons. The van der Waals surface area contributed by atoms with Gasteiger partial charge >= 0.3 is 5.97 Å². The predicted molar refractivity (Wildman–Crippen MR) is 95.6 cm³/mol. The minimum Gasteiger partial charge on any atom is -0.495 e. The highest BCUT2D eigenvalue weighted by atomic mass is 32.2. The van der Waals surface area contributed by atoms with E-state index in [0.717, 1.165) is 5.56 Å². The van der Waals surface area contributed by atoms with Crippen molar-refractivity contribution in [3.63, 3.8) is 0 Å². The van der Waals surface area contributed by atoms with Crippen LogP contribution < -0.4 is 9.46 Å². The molecule has 0 fully saturated rings. The molecule has 0 aliphatic carbocycles. The fourth-order valence-corrected chi connectivity index (χ4v) is 3.38. The van der Waals surface area contributed by atoms with E-state index in [1.165, 1.54) is 25.3 Å². The van der Waals surface area contributed by atoms with Gasteiger partial charge in [-0.05, 0) is 43.7 Å². The molecule has 2 rings (SSSR count). The number of hydrogen-bond donors (Lipinski definition) is 1. The summed E-state index contributed by atoms with van der Waals surface area (Å²) >= 11 is 0. The average Bonchev–Trinajstić information content (AvgIpc) is 2.60. The third-order valence-electron chi connectivity index (χ3n) is 3.43. The molecule has 2 aromatic carbocycles. The molecule has 2 aromatic rings. The van der Waals surface area contributed by atoms with Gasteiger partial charge < -0.3 is 9.47 Å². The van der Waals surface area contributed by atoms with Crippen molar-refractivity contribution in [2.24, 2.45) is 0 Å². The van der Waals surface area contributed by atoms with Gasteiger partial charge in [-0.25, -0.2) is 13.2 Å². The first-order valence-electron chi connectivity index (χ1n) is 7.82. The Morgan fingerprint density at radius 3 is 2.40 bits per heavy atom. The maximum absolute atomic E-state index is 12.7. The van der Waals surface area contributed by atoms with Crippen molar-refractivity contribution in [3.8, 4) is 5.75 Å². The number of sulfonamides is 1. The van der Waals surface area contributed by atoms with E-state index in [1.807, 2.05) is 13.8 Å². The number of nitrogens with one attached hydrogen (secondary N) is 1. The summed E-state index contributed by atoms with van der Waals surface area (Å²) in [6.07, 6.45) is 0.683. The van der Waals surface area contributed by atoms with E-state index in [9.17, 15) is 13.2 Å². The SMILES string of the molecule is CCCOC(=O)c1ccc(OC)c(S(=O)(=O)Nc2ccc(C)cc2)c1. The third kappa shape index (κ3) is 4.73. The van der Waals surface area contributed by atoms with Gasteiger partial charge in [-0.15, -0.1) is 0 Å². The minimum absolute atomic E-state index is 0.124. The van der Waals surface area contributed by atoms with E-state index in [2.05, 4.69) is 4.72 Å². The van der Waals surface area contributed by atoms with Gasteiger partial charge in [0.2, 0.25) is 0 Å². The second-order valence-corrected chi connectivity index (χ2v) is 7.12. The molecule has 0 aliphatic heterocycles. The Hall–Kier alpha value is -2.54. The molecule has 0 unspecified atom stereocenters. The van der Waals surface area contributed by atoms with E-state index in [-0.39, 0.29) is 22.8 Å². The van der Waals surface area contributed by atoms with Crippen LogP contribution in [0.15, 0.2) is 47.4 Å². The van der Waals surface area contributed by atoms with Gasteiger partial charge in [-0.1, -0.05) is 24.6 Å². The summed E-state index contributed by atoms with van der Waals surface area (Å²) in [6.45, 7) is 4.06. The van der Waals surface area contributed by atoms with Gasteiger partial charge in [-0.3, -0.25) is 4.72 Å². The van der Waals surface area contributed by atoms with Crippen LogP contribution in [0.3, 0.4) is 0 Å². The quantitative estimate of drug-likeness (QED) is 0.763. The van der Waals surface area contributed by atoms with Crippen LogP contribution in [0.4, 0.5) is 5.69 Å². The topological polar surface area (TPSA) is 81.7 Å². The number of esters is 1. The zero-order chi connectivity index (χ0) is 18.4. The fraction of sp³-hybridized carbons (Fsp3) is 0.278. The molecule has 25 heavy (non-hydrogen) atoms. The lowest BCUT2D eigenvalue weighted by Crippen LogP contribution is -2.15. The number of benzene rings is 2. The first kappa shape index (κ1) is 18.8. The molecule has 0 radical (unpaired) electrons. The Balaban J connectivity index is 2.37. The number of rotatable bonds is 7. The fourth-order valence-electron chi connectivity index (χ4n) is 2.12. The van der Waals surface area contributed by atoms with Gasteiger partial charge in [0.05, 0.1) is 19.3 Å². The van der Waals surface area contributed by atoms with E-state index in [0.29, 0.717) is 12.1 Å². The zero-order valence-corrected chi connectivity index (χ0v) is 15.2.